The number of allylic oxidation sites excluding steroid dienone is 4. The van der Waals surface area contributed by atoms with E-state index in [1.165, 1.54) is 79.5 Å². The van der Waals surface area contributed by atoms with Crippen molar-refractivity contribution in [2.75, 3.05) is 24.6 Å². The normalized spacial score (nSPS) is 14.6. The Bertz CT molecular complexity index is 900. The molecule has 222 valence electrons. The first-order valence-electron chi connectivity index (χ1n) is 15.2. The second-order valence-electron chi connectivity index (χ2n) is 10.3. The summed E-state index contributed by atoms with van der Waals surface area (Å²) in [7, 11) is 0.146. The van der Waals surface area contributed by atoms with Gasteiger partial charge in [0.1, 0.15) is 0 Å². The molecule has 0 unspecified atom stereocenters. The molecule has 1 nitrogen and oxygen atoms in total. The van der Waals surface area contributed by atoms with Gasteiger partial charge in [-0.1, -0.05) is 125 Å². The maximum Gasteiger partial charge on any atom is 0.0158 e. The first-order chi connectivity index (χ1) is 19.8. The predicted molar refractivity (Wildman–Crippen MR) is 180 cm³/mol. The first kappa shape index (κ1) is 38.2. The van der Waals surface area contributed by atoms with Crippen LogP contribution >= 0.6 is 15.8 Å². The van der Waals surface area contributed by atoms with E-state index in [1.54, 1.807) is 18.5 Å². The van der Waals surface area contributed by atoms with Crippen molar-refractivity contribution in [1.82, 2.24) is 0 Å². The summed E-state index contributed by atoms with van der Waals surface area (Å²) in [5, 5.41) is 2.96. The minimum absolute atomic E-state index is 0. The first-order valence-corrected chi connectivity index (χ1v) is 18.6. The van der Waals surface area contributed by atoms with Crippen LogP contribution in [0.2, 0.25) is 0 Å². The molecular weight excluding hydrogens is 625 g/mol. The number of rotatable bonds is 15. The third-order valence-electron chi connectivity index (χ3n) is 7.22. The van der Waals surface area contributed by atoms with Gasteiger partial charge >= 0.3 is 11.3 Å². The zero-order valence-corrected chi connectivity index (χ0v) is 28.8. The van der Waals surface area contributed by atoms with Gasteiger partial charge in [-0.2, -0.15) is 0 Å². The zero-order valence-electron chi connectivity index (χ0n) is 25.4. The van der Waals surface area contributed by atoms with Gasteiger partial charge in [0.15, 0.2) is 0 Å². The molecule has 4 heteroatoms. The maximum absolute atomic E-state index is 7.50. The molecule has 2 aromatic rings. The molecule has 0 atom stereocenters. The molecule has 0 bridgehead atoms. The Morgan fingerprint density at radius 1 is 0.610 bits per heavy atom. The summed E-state index contributed by atoms with van der Waals surface area (Å²) in [5.74, 6) is 4.28. The number of fused-ring (bicyclic) bond motifs is 1. The Morgan fingerprint density at radius 2 is 1.10 bits per heavy atom. The van der Waals surface area contributed by atoms with Crippen LogP contribution in [0.5, 0.6) is 0 Å². The van der Waals surface area contributed by atoms with Crippen LogP contribution in [0, 0.1) is 37.2 Å². The monoisotopic (exact) mass is 674 g/mol. The molecule has 0 aromatic heterocycles. The Kier molecular flexibility index (Phi) is 22.9. The Morgan fingerprint density at radius 3 is 1.59 bits per heavy atom. The largest absolute Gasteiger partial charge is 0.0762 e. The molecule has 1 fully saturated rings. The third-order valence-corrected chi connectivity index (χ3v) is 12.7. The van der Waals surface area contributed by atoms with Crippen LogP contribution in [-0.2, 0) is 24.1 Å². The van der Waals surface area contributed by atoms with Crippen LogP contribution < -0.4 is 10.6 Å². The summed E-state index contributed by atoms with van der Waals surface area (Å²) in [6.45, 7) is 11.4. The van der Waals surface area contributed by atoms with Crippen LogP contribution in [0.4, 0.5) is 0 Å². The topological polar surface area (TPSA) is 19.9 Å². The van der Waals surface area contributed by atoms with E-state index in [4.69, 9.17) is 4.65 Å². The minimum atomic E-state index is -0.276. The number of benzene rings is 2. The summed E-state index contributed by atoms with van der Waals surface area (Å²) in [4.78, 5) is 0. The van der Waals surface area contributed by atoms with Gasteiger partial charge in [0.25, 0.3) is 0 Å². The fourth-order valence-electron chi connectivity index (χ4n) is 4.96. The van der Waals surface area contributed by atoms with Crippen molar-refractivity contribution in [1.29, 1.82) is 0 Å². The maximum atomic E-state index is 7.50. The molecule has 4 rings (SSSR count). The van der Waals surface area contributed by atoms with E-state index in [-0.39, 0.29) is 27.4 Å². The average Bonchev–Trinajstić information content (AvgIpc) is 3.44. The van der Waals surface area contributed by atoms with Crippen molar-refractivity contribution in [3.8, 4) is 0 Å². The van der Waals surface area contributed by atoms with E-state index in [1.807, 2.05) is 0 Å². The van der Waals surface area contributed by atoms with Gasteiger partial charge in [-0.05, 0) is 94.0 Å². The number of hydrogen-bond acceptors (Lipinski definition) is 0. The molecule has 0 spiro atoms. The predicted octanol–water partition coefficient (Wildman–Crippen LogP) is 10.00. The smallest absolute Gasteiger partial charge is 0.0158 e. The summed E-state index contributed by atoms with van der Waals surface area (Å²) in [6, 6.07) is 22.0. The molecule has 0 amide bonds. The molecule has 2 aliphatic carbocycles. The molecular formula is C37H49OP2Rh. The van der Waals surface area contributed by atoms with Gasteiger partial charge in [-0.3, -0.25) is 0 Å². The van der Waals surface area contributed by atoms with Crippen LogP contribution in [0.15, 0.2) is 85.0 Å². The molecule has 2 aromatic carbocycles. The third kappa shape index (κ3) is 14.4. The van der Waals surface area contributed by atoms with Gasteiger partial charge in [0.05, 0.1) is 0 Å². The van der Waals surface area contributed by atoms with E-state index in [9.17, 15) is 0 Å². The van der Waals surface area contributed by atoms with Crippen LogP contribution in [0.1, 0.15) is 72.1 Å². The Hall–Kier alpha value is -0.857. The molecule has 0 aliphatic heterocycles. The number of hydrogen-bond donors (Lipinski definition) is 0. The summed E-state index contributed by atoms with van der Waals surface area (Å²) >= 11 is 0. The zero-order chi connectivity index (χ0) is 28.8. The molecule has 0 N–H and O–H groups in total. The molecule has 0 saturated heterocycles. The molecule has 0 heterocycles. The molecule has 6 radical (unpaired) electrons. The van der Waals surface area contributed by atoms with Gasteiger partial charge in [0, 0.05) is 31.3 Å². The fourth-order valence-corrected chi connectivity index (χ4v) is 10.3. The minimum Gasteiger partial charge on any atom is -0.0762 e. The summed E-state index contributed by atoms with van der Waals surface area (Å²) in [6.07, 6.45) is 30.1. The standard InChI is InChI=1S/C24H22P.C12H27P.CO.Rh/c1-3-12-22(13-4-1)25(23-14-5-2-6-15-23)19-9-11-21-18-17-20-10-7-8-16-24(20)21;1-4-7-10-13(11-8-5-2)12-9-6-3;1-2;/h1-8,10,12-18H,9,11,19H2;4-12H2,1-3H3;;. The average molecular weight is 675 g/mol. The Labute approximate surface area is 268 Å². The van der Waals surface area contributed by atoms with Gasteiger partial charge in [-0.25, -0.2) is 0 Å². The molecule has 1 saturated carbocycles. The van der Waals surface area contributed by atoms with Crippen molar-refractivity contribution >= 4 is 26.5 Å². The van der Waals surface area contributed by atoms with Gasteiger partial charge in [-0.15, -0.1) is 7.92 Å². The van der Waals surface area contributed by atoms with E-state index in [0.29, 0.717) is 7.92 Å². The van der Waals surface area contributed by atoms with Crippen molar-refractivity contribution in [2.45, 2.75) is 72.1 Å². The van der Waals surface area contributed by atoms with Crippen molar-refractivity contribution in [2.24, 2.45) is 0 Å². The fraction of sp³-hybridized carbons (Fsp3) is 0.405. The molecule has 41 heavy (non-hydrogen) atoms. The Balaban J connectivity index is 0.000000452. The SMILES string of the molecule is CCCCP(CCCC)CCCC.[C-]#[O+].[CH]1[CH][C](CCCP(c2ccccc2)c2ccccc2)[C]2C=CC=C[C]12.[Rh]. The quantitative estimate of drug-likeness (QED) is 0.0776. The van der Waals surface area contributed by atoms with Crippen molar-refractivity contribution < 1.29 is 24.1 Å². The van der Waals surface area contributed by atoms with E-state index < -0.39 is 0 Å². The van der Waals surface area contributed by atoms with Crippen LogP contribution in [-0.4, -0.2) is 24.6 Å². The molecule has 2 aliphatic rings. The summed E-state index contributed by atoms with van der Waals surface area (Å²) < 4.78 is 7.50. The van der Waals surface area contributed by atoms with Crippen molar-refractivity contribution in [3.63, 3.8) is 0 Å². The second-order valence-corrected chi connectivity index (χ2v) is 15.3. The van der Waals surface area contributed by atoms with E-state index in [0.717, 1.165) is 6.42 Å². The number of unbranched alkanes of at least 4 members (excludes halogenated alkanes) is 3. The van der Waals surface area contributed by atoms with Crippen LogP contribution in [0.25, 0.3) is 0 Å². The van der Waals surface area contributed by atoms with E-state index in [2.05, 4.69) is 125 Å². The van der Waals surface area contributed by atoms with Crippen molar-refractivity contribution in [3.05, 3.63) is 122 Å². The summed E-state index contributed by atoms with van der Waals surface area (Å²) in [5.41, 5.74) is 0. The van der Waals surface area contributed by atoms with Crippen LogP contribution in [0.3, 0.4) is 0 Å². The van der Waals surface area contributed by atoms with E-state index >= 15 is 0 Å². The van der Waals surface area contributed by atoms with Gasteiger partial charge in [0.2, 0.25) is 0 Å². The van der Waals surface area contributed by atoms with Gasteiger partial charge < -0.3 is 0 Å². The second kappa shape index (κ2) is 24.6.